The van der Waals surface area contributed by atoms with Crippen LogP contribution in [0.5, 0.6) is 0 Å². The number of unbranched alkanes of at least 4 members (excludes halogenated alkanes) is 1. The number of aliphatic hydroxyl groups excluding tert-OH is 2. The van der Waals surface area contributed by atoms with Crippen LogP contribution in [-0.4, -0.2) is 28.7 Å². The Balaban J connectivity index is -0.000000117. The summed E-state index contributed by atoms with van der Waals surface area (Å²) in [4.78, 5) is 9.44. The van der Waals surface area contributed by atoms with E-state index >= 15 is 0 Å². The summed E-state index contributed by atoms with van der Waals surface area (Å²) in [5.41, 5.74) is 0. The van der Waals surface area contributed by atoms with Gasteiger partial charge in [0.15, 0.2) is 0 Å². The van der Waals surface area contributed by atoms with Crippen molar-refractivity contribution in [1.29, 1.82) is 0 Å². The van der Waals surface area contributed by atoms with Crippen molar-refractivity contribution in [2.24, 2.45) is 0 Å². The molecule has 0 aromatic rings. The molecule has 0 rings (SSSR count). The molecule has 0 saturated carbocycles. The van der Waals surface area contributed by atoms with E-state index in [1.165, 1.54) is 13.8 Å². The van der Waals surface area contributed by atoms with Gasteiger partial charge in [-0.05, 0) is 34.1 Å². The number of Topliss-reactive ketones (excluding diaryl/α,β-unsaturated/α-hetero) is 1. The lowest BCUT2D eigenvalue weighted by Gasteiger charge is -1.80. The first-order chi connectivity index (χ1) is 5.88. The monoisotopic (exact) mass is 192 g/mol. The van der Waals surface area contributed by atoms with Gasteiger partial charge in [0, 0.05) is 12.7 Å². The van der Waals surface area contributed by atoms with Crippen molar-refractivity contribution in [3.63, 3.8) is 0 Å². The van der Waals surface area contributed by atoms with Gasteiger partial charge in [0.05, 0.1) is 0 Å². The van der Waals surface area contributed by atoms with E-state index in [-0.39, 0.29) is 11.9 Å². The largest absolute Gasteiger partial charge is 0.396 e. The first-order valence-corrected chi connectivity index (χ1v) is 4.64. The summed E-state index contributed by atoms with van der Waals surface area (Å²) in [6.45, 7) is 8.90. The van der Waals surface area contributed by atoms with E-state index in [1.54, 1.807) is 13.8 Å². The first-order valence-electron chi connectivity index (χ1n) is 4.64. The second-order valence-electron chi connectivity index (χ2n) is 3.08. The van der Waals surface area contributed by atoms with Crippen molar-refractivity contribution in [3.8, 4) is 0 Å². The Labute approximate surface area is 81.8 Å². The van der Waals surface area contributed by atoms with Crippen molar-refractivity contribution < 1.29 is 15.0 Å². The molecule has 0 fully saturated rings. The van der Waals surface area contributed by atoms with Crippen molar-refractivity contribution in [3.05, 3.63) is 0 Å². The van der Waals surface area contributed by atoms with Gasteiger partial charge in [-0.2, -0.15) is 0 Å². The molecule has 3 heteroatoms. The van der Waals surface area contributed by atoms with Gasteiger partial charge in [0.2, 0.25) is 0 Å². The maximum atomic E-state index is 9.44. The SMILES string of the molecule is CC(C)=O.CC(C)O.CCCCO. The lowest BCUT2D eigenvalue weighted by Crippen LogP contribution is -1.85. The number of hydrogen-bond acceptors (Lipinski definition) is 3. The first kappa shape index (κ1) is 18.4. The Kier molecular flexibility index (Phi) is 24.9. The van der Waals surface area contributed by atoms with Crippen molar-refractivity contribution in [2.75, 3.05) is 6.61 Å². The summed E-state index contributed by atoms with van der Waals surface area (Å²) >= 11 is 0. The van der Waals surface area contributed by atoms with Crippen LogP contribution in [0.15, 0.2) is 0 Å². The Morgan fingerprint density at radius 2 is 1.54 bits per heavy atom. The molecule has 0 radical (unpaired) electrons. The van der Waals surface area contributed by atoms with Crippen LogP contribution in [0.1, 0.15) is 47.5 Å². The maximum Gasteiger partial charge on any atom is 0.126 e. The van der Waals surface area contributed by atoms with E-state index in [0.717, 1.165) is 12.8 Å². The van der Waals surface area contributed by atoms with E-state index in [1.807, 2.05) is 0 Å². The minimum atomic E-state index is -0.167. The van der Waals surface area contributed by atoms with Crippen LogP contribution in [0, 0.1) is 0 Å². The van der Waals surface area contributed by atoms with Gasteiger partial charge in [-0.25, -0.2) is 0 Å². The highest BCUT2D eigenvalue weighted by Gasteiger charge is 1.69. The van der Waals surface area contributed by atoms with E-state index in [9.17, 15) is 4.79 Å². The van der Waals surface area contributed by atoms with Gasteiger partial charge < -0.3 is 15.0 Å². The Hall–Kier alpha value is -0.410. The van der Waals surface area contributed by atoms with E-state index in [2.05, 4.69) is 6.92 Å². The number of carbonyl (C=O) groups is 1. The van der Waals surface area contributed by atoms with Gasteiger partial charge >= 0.3 is 0 Å². The highest BCUT2D eigenvalue weighted by molar-refractivity contribution is 5.72. The summed E-state index contributed by atoms with van der Waals surface area (Å²) in [5.74, 6) is 0.167. The van der Waals surface area contributed by atoms with E-state index in [4.69, 9.17) is 10.2 Å². The third kappa shape index (κ3) is 422. The van der Waals surface area contributed by atoms with Gasteiger partial charge in [0.25, 0.3) is 0 Å². The second-order valence-corrected chi connectivity index (χ2v) is 3.08. The van der Waals surface area contributed by atoms with Crippen LogP contribution in [0.4, 0.5) is 0 Å². The molecular formula is C10H24O3. The molecule has 0 aromatic carbocycles. The van der Waals surface area contributed by atoms with Gasteiger partial charge in [-0.15, -0.1) is 0 Å². The zero-order valence-corrected chi connectivity index (χ0v) is 9.50. The smallest absolute Gasteiger partial charge is 0.126 e. The molecule has 13 heavy (non-hydrogen) atoms. The van der Waals surface area contributed by atoms with Crippen LogP contribution >= 0.6 is 0 Å². The highest BCUT2D eigenvalue weighted by Crippen LogP contribution is 1.78. The van der Waals surface area contributed by atoms with Gasteiger partial charge in [0.1, 0.15) is 5.78 Å². The molecule has 0 saturated heterocycles. The standard InChI is InChI=1S/C4H10O.C3H8O.C3H6O/c1-2-3-4-5;2*1-3(2)4/h5H,2-4H2,1H3;3-4H,1-2H3;1-2H3. The summed E-state index contributed by atoms with van der Waals surface area (Å²) in [7, 11) is 0. The predicted octanol–water partition coefficient (Wildman–Crippen LogP) is 1.76. The van der Waals surface area contributed by atoms with Crippen LogP contribution in [0.2, 0.25) is 0 Å². The number of hydrogen-bond donors (Lipinski definition) is 2. The van der Waals surface area contributed by atoms with Crippen molar-refractivity contribution >= 4 is 5.78 Å². The molecule has 0 aliphatic heterocycles. The molecule has 0 spiro atoms. The summed E-state index contributed by atoms with van der Waals surface area (Å²) in [6.07, 6.45) is 1.87. The molecular weight excluding hydrogens is 168 g/mol. The van der Waals surface area contributed by atoms with E-state index < -0.39 is 0 Å². The van der Waals surface area contributed by atoms with Crippen LogP contribution < -0.4 is 0 Å². The summed E-state index contributed by atoms with van der Waals surface area (Å²) in [6, 6.07) is 0. The quantitative estimate of drug-likeness (QED) is 0.701. The van der Waals surface area contributed by atoms with Gasteiger partial charge in [-0.1, -0.05) is 13.3 Å². The molecule has 0 atom stereocenters. The number of aliphatic hydroxyl groups is 2. The van der Waals surface area contributed by atoms with Crippen LogP contribution in [-0.2, 0) is 4.79 Å². The highest BCUT2D eigenvalue weighted by atomic mass is 16.3. The maximum absolute atomic E-state index is 9.44. The van der Waals surface area contributed by atoms with Crippen molar-refractivity contribution in [2.45, 2.75) is 53.6 Å². The average Bonchev–Trinajstić information content (AvgIpc) is 1.86. The zero-order chi connectivity index (χ0) is 11.3. The minimum absolute atomic E-state index is 0.167. The number of ketones is 1. The molecule has 0 unspecified atom stereocenters. The number of carbonyl (C=O) groups excluding carboxylic acids is 1. The Morgan fingerprint density at radius 1 is 1.31 bits per heavy atom. The lowest BCUT2D eigenvalue weighted by molar-refractivity contribution is -0.114. The summed E-state index contributed by atoms with van der Waals surface area (Å²) in [5, 5.41) is 16.1. The molecule has 2 N–H and O–H groups in total. The van der Waals surface area contributed by atoms with Crippen LogP contribution in [0.25, 0.3) is 0 Å². The predicted molar refractivity (Wildman–Crippen MR) is 55.7 cm³/mol. The Morgan fingerprint density at radius 3 is 1.54 bits per heavy atom. The van der Waals surface area contributed by atoms with Gasteiger partial charge in [-0.3, -0.25) is 0 Å². The Bertz CT molecular complexity index is 81.4. The topological polar surface area (TPSA) is 57.5 Å². The zero-order valence-electron chi connectivity index (χ0n) is 9.50. The van der Waals surface area contributed by atoms with Crippen molar-refractivity contribution in [1.82, 2.24) is 0 Å². The molecule has 0 heterocycles. The molecule has 0 aromatic heterocycles. The molecule has 82 valence electrons. The van der Waals surface area contributed by atoms with Crippen LogP contribution in [0.3, 0.4) is 0 Å². The second kappa shape index (κ2) is 17.6. The number of rotatable bonds is 2. The molecule has 0 aliphatic rings. The average molecular weight is 192 g/mol. The normalized spacial score (nSPS) is 8.00. The fourth-order valence-electron chi connectivity index (χ4n) is 0.158. The lowest BCUT2D eigenvalue weighted by atomic mass is 10.4. The minimum Gasteiger partial charge on any atom is -0.396 e. The fourth-order valence-corrected chi connectivity index (χ4v) is 0.158. The summed E-state index contributed by atoms with van der Waals surface area (Å²) < 4.78 is 0. The molecule has 0 bridgehead atoms. The molecule has 3 nitrogen and oxygen atoms in total. The molecule has 0 aliphatic carbocycles. The fraction of sp³-hybridized carbons (Fsp3) is 0.900. The third-order valence-electron chi connectivity index (χ3n) is 0.512. The van der Waals surface area contributed by atoms with E-state index in [0.29, 0.717) is 6.61 Å². The third-order valence-corrected chi connectivity index (χ3v) is 0.512. The molecule has 0 amide bonds.